The van der Waals surface area contributed by atoms with Gasteiger partial charge in [-0.1, -0.05) is 0 Å². The summed E-state index contributed by atoms with van der Waals surface area (Å²) in [7, 11) is 0. The molecule has 2 heterocycles. The highest BCUT2D eigenvalue weighted by Crippen LogP contribution is 2.26. The van der Waals surface area contributed by atoms with E-state index in [0.717, 1.165) is 30.8 Å². The van der Waals surface area contributed by atoms with Gasteiger partial charge in [-0.25, -0.2) is 0 Å². The molecule has 3 rings (SSSR count). The molecule has 0 saturated heterocycles. The zero-order chi connectivity index (χ0) is 12.4. The summed E-state index contributed by atoms with van der Waals surface area (Å²) in [4.78, 5) is 16.2. The summed E-state index contributed by atoms with van der Waals surface area (Å²) in [6.45, 7) is 0.768. The molecule has 0 amide bonds. The minimum absolute atomic E-state index is 0.0331. The lowest BCUT2D eigenvalue weighted by Gasteiger charge is -2.17. The highest BCUT2D eigenvalue weighted by Gasteiger charge is 2.14. The standard InChI is InChI=1S/C15H13NO2/c17-15(11-5-7-16-8-6-11)13-3-4-14-12(10-13)2-1-9-18-14/h3-8,10H,1-2,9H2. The topological polar surface area (TPSA) is 39.2 Å². The Morgan fingerprint density at radius 2 is 1.94 bits per heavy atom. The van der Waals surface area contributed by atoms with Crippen molar-refractivity contribution >= 4 is 5.78 Å². The van der Waals surface area contributed by atoms with E-state index in [4.69, 9.17) is 4.74 Å². The van der Waals surface area contributed by atoms with Gasteiger partial charge in [-0.05, 0) is 48.7 Å². The first-order valence-corrected chi connectivity index (χ1v) is 6.05. The third kappa shape index (κ3) is 1.99. The van der Waals surface area contributed by atoms with Crippen LogP contribution in [-0.2, 0) is 6.42 Å². The number of pyridine rings is 1. The molecule has 3 heteroatoms. The fraction of sp³-hybridized carbons (Fsp3) is 0.200. The molecular weight excluding hydrogens is 226 g/mol. The number of rotatable bonds is 2. The van der Waals surface area contributed by atoms with Crippen LogP contribution in [0, 0.1) is 0 Å². The number of hydrogen-bond donors (Lipinski definition) is 0. The van der Waals surface area contributed by atoms with Crippen LogP contribution in [0.5, 0.6) is 5.75 Å². The van der Waals surface area contributed by atoms with E-state index >= 15 is 0 Å². The maximum absolute atomic E-state index is 12.3. The molecule has 0 N–H and O–H groups in total. The number of aryl methyl sites for hydroxylation is 1. The predicted molar refractivity (Wildman–Crippen MR) is 67.9 cm³/mol. The summed E-state index contributed by atoms with van der Waals surface area (Å²) < 4.78 is 5.54. The molecule has 0 bridgehead atoms. The number of fused-ring (bicyclic) bond motifs is 1. The lowest BCUT2D eigenvalue weighted by molar-refractivity contribution is 0.103. The molecule has 18 heavy (non-hydrogen) atoms. The van der Waals surface area contributed by atoms with Crippen molar-refractivity contribution in [1.29, 1.82) is 0 Å². The van der Waals surface area contributed by atoms with Crippen molar-refractivity contribution in [3.8, 4) is 5.75 Å². The number of aromatic nitrogens is 1. The van der Waals surface area contributed by atoms with Crippen LogP contribution in [0.2, 0.25) is 0 Å². The van der Waals surface area contributed by atoms with Crippen LogP contribution < -0.4 is 4.74 Å². The third-order valence-corrected chi connectivity index (χ3v) is 3.11. The molecule has 0 saturated carbocycles. The minimum Gasteiger partial charge on any atom is -0.493 e. The Balaban J connectivity index is 1.95. The first kappa shape index (κ1) is 11.0. The van der Waals surface area contributed by atoms with E-state index in [1.165, 1.54) is 0 Å². The molecule has 0 radical (unpaired) electrons. The van der Waals surface area contributed by atoms with Crippen LogP contribution in [0.3, 0.4) is 0 Å². The van der Waals surface area contributed by atoms with Crippen LogP contribution in [0.4, 0.5) is 0 Å². The Morgan fingerprint density at radius 3 is 2.78 bits per heavy atom. The molecule has 0 spiro atoms. The van der Waals surface area contributed by atoms with Gasteiger partial charge in [-0.15, -0.1) is 0 Å². The lowest BCUT2D eigenvalue weighted by atomic mass is 9.98. The van der Waals surface area contributed by atoms with E-state index < -0.39 is 0 Å². The highest BCUT2D eigenvalue weighted by molar-refractivity contribution is 6.09. The van der Waals surface area contributed by atoms with E-state index in [1.807, 2.05) is 18.2 Å². The second-order valence-electron chi connectivity index (χ2n) is 4.34. The first-order valence-electron chi connectivity index (χ1n) is 6.05. The second-order valence-corrected chi connectivity index (χ2v) is 4.34. The van der Waals surface area contributed by atoms with Crippen molar-refractivity contribution in [3.05, 3.63) is 59.4 Å². The van der Waals surface area contributed by atoms with Crippen LogP contribution in [0.15, 0.2) is 42.7 Å². The van der Waals surface area contributed by atoms with Gasteiger partial charge in [0.05, 0.1) is 6.61 Å². The molecule has 90 valence electrons. The fourth-order valence-corrected chi connectivity index (χ4v) is 2.17. The largest absolute Gasteiger partial charge is 0.493 e. The third-order valence-electron chi connectivity index (χ3n) is 3.11. The van der Waals surface area contributed by atoms with Gasteiger partial charge in [0.2, 0.25) is 0 Å². The first-order chi connectivity index (χ1) is 8.84. The Kier molecular flexibility index (Phi) is 2.81. The maximum Gasteiger partial charge on any atom is 0.193 e. The lowest BCUT2D eigenvalue weighted by Crippen LogP contribution is -2.10. The smallest absolute Gasteiger partial charge is 0.193 e. The molecule has 1 aromatic heterocycles. The van der Waals surface area contributed by atoms with E-state index in [-0.39, 0.29) is 5.78 Å². The molecule has 0 fully saturated rings. The fourth-order valence-electron chi connectivity index (χ4n) is 2.17. The Morgan fingerprint density at radius 1 is 1.11 bits per heavy atom. The normalized spacial score (nSPS) is 13.6. The zero-order valence-corrected chi connectivity index (χ0v) is 9.93. The van der Waals surface area contributed by atoms with Crippen LogP contribution in [0.1, 0.15) is 27.9 Å². The number of benzene rings is 1. The van der Waals surface area contributed by atoms with Crippen molar-refractivity contribution in [3.63, 3.8) is 0 Å². The van der Waals surface area contributed by atoms with Gasteiger partial charge in [-0.3, -0.25) is 9.78 Å². The Bertz CT molecular complexity index is 578. The molecule has 3 nitrogen and oxygen atoms in total. The molecule has 1 aliphatic rings. The Labute approximate surface area is 105 Å². The van der Waals surface area contributed by atoms with Crippen molar-refractivity contribution in [2.24, 2.45) is 0 Å². The molecule has 0 unspecified atom stereocenters. The molecule has 1 aliphatic heterocycles. The summed E-state index contributed by atoms with van der Waals surface area (Å²) >= 11 is 0. The van der Waals surface area contributed by atoms with E-state index in [9.17, 15) is 4.79 Å². The van der Waals surface area contributed by atoms with Crippen LogP contribution >= 0.6 is 0 Å². The van der Waals surface area contributed by atoms with Gasteiger partial charge in [0.15, 0.2) is 5.78 Å². The molecule has 2 aromatic rings. The number of carbonyl (C=O) groups is 1. The van der Waals surface area contributed by atoms with Crippen molar-refractivity contribution in [1.82, 2.24) is 4.98 Å². The summed E-state index contributed by atoms with van der Waals surface area (Å²) in [6, 6.07) is 9.13. The zero-order valence-electron chi connectivity index (χ0n) is 9.93. The van der Waals surface area contributed by atoms with Gasteiger partial charge in [0, 0.05) is 23.5 Å². The van der Waals surface area contributed by atoms with E-state index in [0.29, 0.717) is 11.1 Å². The quantitative estimate of drug-likeness (QED) is 0.756. The summed E-state index contributed by atoms with van der Waals surface area (Å²) in [5.41, 5.74) is 2.51. The van der Waals surface area contributed by atoms with E-state index in [1.54, 1.807) is 24.5 Å². The average molecular weight is 239 g/mol. The van der Waals surface area contributed by atoms with E-state index in [2.05, 4.69) is 4.98 Å². The minimum atomic E-state index is 0.0331. The van der Waals surface area contributed by atoms with Crippen molar-refractivity contribution in [2.75, 3.05) is 6.61 Å². The monoisotopic (exact) mass is 239 g/mol. The second kappa shape index (κ2) is 4.61. The number of hydrogen-bond acceptors (Lipinski definition) is 3. The molecule has 0 atom stereocenters. The predicted octanol–water partition coefficient (Wildman–Crippen LogP) is 2.64. The average Bonchev–Trinajstić information content (AvgIpc) is 2.47. The van der Waals surface area contributed by atoms with Crippen molar-refractivity contribution < 1.29 is 9.53 Å². The number of ether oxygens (including phenoxy) is 1. The number of carbonyl (C=O) groups excluding carboxylic acids is 1. The number of nitrogens with zero attached hydrogens (tertiary/aromatic N) is 1. The van der Waals surface area contributed by atoms with Gasteiger partial charge in [-0.2, -0.15) is 0 Å². The highest BCUT2D eigenvalue weighted by atomic mass is 16.5. The maximum atomic E-state index is 12.3. The SMILES string of the molecule is O=C(c1ccncc1)c1ccc2c(c1)CCCO2. The molecule has 1 aromatic carbocycles. The van der Waals surface area contributed by atoms with Gasteiger partial charge < -0.3 is 4.74 Å². The Hall–Kier alpha value is -2.16. The summed E-state index contributed by atoms with van der Waals surface area (Å²) in [5.74, 6) is 0.943. The van der Waals surface area contributed by atoms with Gasteiger partial charge in [0.1, 0.15) is 5.75 Å². The van der Waals surface area contributed by atoms with Crippen LogP contribution in [0.25, 0.3) is 0 Å². The summed E-state index contributed by atoms with van der Waals surface area (Å²) in [6.07, 6.45) is 5.26. The summed E-state index contributed by atoms with van der Waals surface area (Å²) in [5, 5.41) is 0. The van der Waals surface area contributed by atoms with Gasteiger partial charge in [0.25, 0.3) is 0 Å². The van der Waals surface area contributed by atoms with Crippen molar-refractivity contribution in [2.45, 2.75) is 12.8 Å². The molecule has 0 aliphatic carbocycles. The number of ketones is 1. The van der Waals surface area contributed by atoms with Gasteiger partial charge >= 0.3 is 0 Å². The van der Waals surface area contributed by atoms with Crippen LogP contribution in [-0.4, -0.2) is 17.4 Å². The molecular formula is C15H13NO2.